The summed E-state index contributed by atoms with van der Waals surface area (Å²) in [6, 6.07) is 26.4. The molecule has 6 aromatic carbocycles. The molecule has 0 aliphatic carbocycles. The second kappa shape index (κ2) is 15.1. The first-order valence-corrected chi connectivity index (χ1v) is 19.7. The quantitative estimate of drug-likeness (QED) is 0.0406. The number of phenolic OH excluding ortho intramolecular Hbond substituents is 1. The Morgan fingerprint density at radius 3 is 1.51 bits per heavy atom. The van der Waals surface area contributed by atoms with Crippen LogP contribution in [0.15, 0.2) is 161 Å². The SMILES string of the molecule is Nc1cc(O)ccc1N=Nc1ccc(Nc2ccc(N=Nc3cc4cc(N=Nc5ccccc5)c(S(=O)(=O)O)cc4cc3S(=O)(=O)O)cc2S(=O)(=O)O)cc1. The minimum atomic E-state index is -5.01. The summed E-state index contributed by atoms with van der Waals surface area (Å²) in [7, 11) is -14.8. The van der Waals surface area contributed by atoms with Crippen molar-refractivity contribution in [3.05, 3.63) is 115 Å². The van der Waals surface area contributed by atoms with E-state index in [0.29, 0.717) is 22.7 Å². The van der Waals surface area contributed by atoms with Crippen molar-refractivity contribution in [3.8, 4) is 5.75 Å². The molecule has 0 unspecified atom stereocenters. The van der Waals surface area contributed by atoms with Crippen LogP contribution in [0.3, 0.4) is 0 Å². The largest absolute Gasteiger partial charge is 0.508 e. The van der Waals surface area contributed by atoms with Crippen LogP contribution in [-0.4, -0.2) is 44.0 Å². The Morgan fingerprint density at radius 1 is 0.473 bits per heavy atom. The smallest absolute Gasteiger partial charge is 0.296 e. The molecule has 6 rings (SSSR count). The minimum Gasteiger partial charge on any atom is -0.508 e. The van der Waals surface area contributed by atoms with E-state index in [1.165, 1.54) is 36.4 Å². The maximum Gasteiger partial charge on any atom is 0.296 e. The van der Waals surface area contributed by atoms with Crippen LogP contribution in [-0.2, 0) is 30.4 Å². The molecular weight excluding hydrogens is 777 g/mol. The van der Waals surface area contributed by atoms with Crippen LogP contribution >= 0.6 is 0 Å². The first-order valence-electron chi connectivity index (χ1n) is 15.4. The molecule has 18 nitrogen and oxygen atoms in total. The third-order valence-corrected chi connectivity index (χ3v) is 10.2. The van der Waals surface area contributed by atoms with Gasteiger partial charge in [0.2, 0.25) is 0 Å². The number of hydrogen-bond donors (Lipinski definition) is 6. The average molecular weight is 803 g/mol. The predicted octanol–water partition coefficient (Wildman–Crippen LogP) is 8.86. The van der Waals surface area contributed by atoms with Crippen LogP contribution in [0.4, 0.5) is 51.2 Å². The Balaban J connectivity index is 1.32. The van der Waals surface area contributed by atoms with E-state index in [1.807, 2.05) is 0 Å². The van der Waals surface area contributed by atoms with Crippen LogP contribution in [0.25, 0.3) is 10.8 Å². The molecular formula is C34H26N8O10S3. The topological polar surface area (TPSA) is 296 Å². The standard InChI is InChI=1S/C34H26N8O10S3/c35-27-19-26(43)11-13-28(27)40-38-24-8-6-22(7-9-24)36-29-12-10-25(18-34(29)55(50,51)52)39-42-31-15-20-14-30(41-37-23-4-2-1-3-5-23)32(53(44,45)46)16-21(20)17-33(31)54(47,48)49/h1-19,36,43H,35H2,(H,44,45,46)(H,47,48,49)(H,50,51,52). The number of benzene rings is 6. The van der Waals surface area contributed by atoms with Crippen LogP contribution in [0.1, 0.15) is 0 Å². The van der Waals surface area contributed by atoms with E-state index in [4.69, 9.17) is 5.73 Å². The minimum absolute atomic E-state index is 0.0253. The monoisotopic (exact) mass is 802 g/mol. The van der Waals surface area contributed by atoms with Crippen LogP contribution in [0, 0.1) is 0 Å². The summed E-state index contributed by atoms with van der Waals surface area (Å²) in [6.45, 7) is 0. The van der Waals surface area contributed by atoms with Gasteiger partial charge in [-0.25, -0.2) is 0 Å². The van der Waals surface area contributed by atoms with Gasteiger partial charge in [0.15, 0.2) is 0 Å². The molecule has 7 N–H and O–H groups in total. The molecule has 0 radical (unpaired) electrons. The Morgan fingerprint density at radius 2 is 0.964 bits per heavy atom. The molecule has 0 bridgehead atoms. The number of nitrogens with two attached hydrogens (primary N) is 1. The highest BCUT2D eigenvalue weighted by molar-refractivity contribution is 7.86. The van der Waals surface area contributed by atoms with E-state index in [-0.39, 0.29) is 39.3 Å². The summed E-state index contributed by atoms with van der Waals surface area (Å²) < 4.78 is 104. The zero-order chi connectivity index (χ0) is 39.5. The molecule has 0 saturated heterocycles. The summed E-state index contributed by atoms with van der Waals surface area (Å²) in [5.41, 5.74) is 6.55. The van der Waals surface area contributed by atoms with E-state index < -0.39 is 50.7 Å². The van der Waals surface area contributed by atoms with Crippen molar-refractivity contribution in [1.82, 2.24) is 0 Å². The Hall–Kier alpha value is -6.49. The number of aromatic hydroxyl groups is 1. The van der Waals surface area contributed by atoms with Gasteiger partial charge in [-0.1, -0.05) is 18.2 Å². The molecule has 280 valence electrons. The zero-order valence-electron chi connectivity index (χ0n) is 27.7. The summed E-state index contributed by atoms with van der Waals surface area (Å²) in [5.74, 6) is -0.0253. The van der Waals surface area contributed by atoms with E-state index >= 15 is 0 Å². The number of anilines is 3. The summed E-state index contributed by atoms with van der Waals surface area (Å²) in [6.07, 6.45) is 0. The third-order valence-electron chi connectivity index (χ3n) is 7.53. The maximum absolute atomic E-state index is 12.4. The fourth-order valence-corrected chi connectivity index (χ4v) is 6.92. The van der Waals surface area contributed by atoms with Gasteiger partial charge < -0.3 is 16.2 Å². The molecule has 0 aliphatic rings. The van der Waals surface area contributed by atoms with Crippen molar-refractivity contribution in [3.63, 3.8) is 0 Å². The molecule has 0 aliphatic heterocycles. The Bertz CT molecular complexity index is 2890. The van der Waals surface area contributed by atoms with Gasteiger partial charge in [0.05, 0.1) is 28.4 Å². The molecule has 0 spiro atoms. The normalized spacial score (nSPS) is 12.6. The number of fused-ring (bicyclic) bond motifs is 1. The third kappa shape index (κ3) is 9.36. The van der Waals surface area contributed by atoms with Crippen molar-refractivity contribution in [2.75, 3.05) is 11.1 Å². The van der Waals surface area contributed by atoms with E-state index in [9.17, 15) is 44.0 Å². The van der Waals surface area contributed by atoms with Gasteiger partial charge in [0.25, 0.3) is 30.4 Å². The first kappa shape index (κ1) is 38.2. The van der Waals surface area contributed by atoms with Gasteiger partial charge in [0, 0.05) is 11.8 Å². The highest BCUT2D eigenvalue weighted by Crippen LogP contribution is 2.38. The van der Waals surface area contributed by atoms with E-state index in [2.05, 4.69) is 36.0 Å². The number of nitrogens with zero attached hydrogens (tertiary/aromatic N) is 6. The van der Waals surface area contributed by atoms with Gasteiger partial charge in [0.1, 0.15) is 37.5 Å². The van der Waals surface area contributed by atoms with E-state index in [0.717, 1.165) is 24.3 Å². The molecule has 0 fully saturated rings. The Kier molecular flexibility index (Phi) is 10.5. The second-order valence-electron chi connectivity index (χ2n) is 11.4. The maximum atomic E-state index is 12.4. The van der Waals surface area contributed by atoms with Crippen molar-refractivity contribution < 1.29 is 44.0 Å². The Labute approximate surface area is 312 Å². The fraction of sp³-hybridized carbons (Fsp3) is 0. The molecule has 0 saturated carbocycles. The molecule has 0 heterocycles. The molecule has 55 heavy (non-hydrogen) atoms. The number of phenols is 1. The highest BCUT2D eigenvalue weighted by atomic mass is 32.2. The zero-order valence-corrected chi connectivity index (χ0v) is 30.1. The van der Waals surface area contributed by atoms with Crippen molar-refractivity contribution >= 4 is 92.3 Å². The lowest BCUT2D eigenvalue weighted by Gasteiger charge is -2.11. The number of hydrogen-bond acceptors (Lipinski definition) is 15. The summed E-state index contributed by atoms with van der Waals surface area (Å²) >= 11 is 0. The molecule has 6 aromatic rings. The van der Waals surface area contributed by atoms with Gasteiger partial charge in [-0.15, -0.1) is 15.3 Å². The van der Waals surface area contributed by atoms with Gasteiger partial charge in [-0.3, -0.25) is 13.7 Å². The molecule has 0 atom stereocenters. The number of azo groups is 3. The van der Waals surface area contributed by atoms with Crippen LogP contribution < -0.4 is 11.1 Å². The van der Waals surface area contributed by atoms with Gasteiger partial charge in [-0.2, -0.15) is 40.6 Å². The molecule has 21 heteroatoms. The number of nitrogen functional groups attached to an aromatic ring is 1. The number of rotatable bonds is 11. The van der Waals surface area contributed by atoms with Crippen molar-refractivity contribution in [1.29, 1.82) is 0 Å². The van der Waals surface area contributed by atoms with E-state index in [1.54, 1.807) is 54.6 Å². The lowest BCUT2D eigenvalue weighted by atomic mass is 10.1. The van der Waals surface area contributed by atoms with Crippen LogP contribution in [0.5, 0.6) is 5.75 Å². The second-order valence-corrected chi connectivity index (χ2v) is 15.6. The average Bonchev–Trinajstić information content (AvgIpc) is 3.12. The van der Waals surface area contributed by atoms with Crippen molar-refractivity contribution in [2.45, 2.75) is 14.7 Å². The predicted molar refractivity (Wildman–Crippen MR) is 201 cm³/mol. The fourth-order valence-electron chi connectivity index (χ4n) is 4.97. The lowest BCUT2D eigenvalue weighted by molar-refractivity contribution is 0.475. The summed E-state index contributed by atoms with van der Waals surface area (Å²) in [4.78, 5) is -2.11. The van der Waals surface area contributed by atoms with Crippen LogP contribution in [0.2, 0.25) is 0 Å². The lowest BCUT2D eigenvalue weighted by Crippen LogP contribution is -2.03. The number of nitrogens with one attached hydrogen (secondary N) is 1. The molecule has 0 aromatic heterocycles. The van der Waals surface area contributed by atoms with Gasteiger partial charge in [-0.05, 0) is 102 Å². The molecule has 0 amide bonds. The highest BCUT2D eigenvalue weighted by Gasteiger charge is 2.22. The van der Waals surface area contributed by atoms with Gasteiger partial charge >= 0.3 is 0 Å². The van der Waals surface area contributed by atoms with Crippen molar-refractivity contribution in [2.24, 2.45) is 30.7 Å². The first-order chi connectivity index (χ1) is 25.9. The summed E-state index contributed by atoms with van der Waals surface area (Å²) in [5, 5.41) is 36.3.